The summed E-state index contributed by atoms with van der Waals surface area (Å²) >= 11 is 0. The molecular weight excluding hydrogens is 444 g/mol. The number of ether oxygens (including phenoxy) is 1. The van der Waals surface area contributed by atoms with Crippen molar-refractivity contribution in [3.63, 3.8) is 0 Å². The Hall–Kier alpha value is -3.79. The zero-order valence-electron chi connectivity index (χ0n) is 19.6. The van der Waals surface area contributed by atoms with Gasteiger partial charge in [0.1, 0.15) is 17.5 Å². The highest BCUT2D eigenvalue weighted by Gasteiger charge is 2.65. The number of carbonyl (C=O) groups is 1. The number of amidine groups is 1. The van der Waals surface area contributed by atoms with Gasteiger partial charge in [0, 0.05) is 54.8 Å². The number of hydrogen-bond acceptors (Lipinski definition) is 8. The molecule has 3 aliphatic rings. The van der Waals surface area contributed by atoms with Crippen molar-refractivity contribution in [2.24, 2.45) is 22.1 Å². The minimum atomic E-state index is 0.0463. The standard InChI is InChI=1S/C25H28N8O2/c1-27-23-18-14-29-21(32-24(34)19-11-25(19)4-5-25)10-16(18)17(13-30-23)22(26)31-20-3-2-15(12-28-20)33-6-8-35-9-7-33/h2-3,10,12-14,19H,4-9,11H2,1H3,(H,27,30)(H2,26,28,31)(H,29,32,34). The number of nitrogens with two attached hydrogens (primary N) is 1. The van der Waals surface area contributed by atoms with E-state index in [-0.39, 0.29) is 17.2 Å². The van der Waals surface area contributed by atoms with Crippen LogP contribution >= 0.6 is 0 Å². The molecule has 1 atom stereocenters. The van der Waals surface area contributed by atoms with Crippen LogP contribution in [0, 0.1) is 11.3 Å². The molecule has 180 valence electrons. The predicted octanol–water partition coefficient (Wildman–Crippen LogP) is 2.68. The highest BCUT2D eigenvalue weighted by molar-refractivity contribution is 6.12. The SMILES string of the molecule is CNc1ncc(C(N)=Nc2ccc(N3CCOCC3)cn2)c2cc(NC(=O)C3CC34CC4)ncc12. The predicted molar refractivity (Wildman–Crippen MR) is 135 cm³/mol. The largest absolute Gasteiger partial charge is 0.383 e. The van der Waals surface area contributed by atoms with E-state index in [1.165, 1.54) is 0 Å². The molecule has 4 N–H and O–H groups in total. The molecule has 35 heavy (non-hydrogen) atoms. The van der Waals surface area contributed by atoms with Crippen LogP contribution in [0.1, 0.15) is 24.8 Å². The van der Waals surface area contributed by atoms with Crippen molar-refractivity contribution < 1.29 is 9.53 Å². The maximum absolute atomic E-state index is 12.6. The molecule has 1 unspecified atom stereocenters. The van der Waals surface area contributed by atoms with Gasteiger partial charge in [-0.3, -0.25) is 4.79 Å². The summed E-state index contributed by atoms with van der Waals surface area (Å²) in [5.74, 6) is 2.14. The summed E-state index contributed by atoms with van der Waals surface area (Å²) in [5.41, 5.74) is 8.41. The lowest BCUT2D eigenvalue weighted by Gasteiger charge is -2.28. The van der Waals surface area contributed by atoms with Gasteiger partial charge >= 0.3 is 0 Å². The Balaban J connectivity index is 1.28. The van der Waals surface area contributed by atoms with Gasteiger partial charge in [-0.15, -0.1) is 0 Å². The second-order valence-corrected chi connectivity index (χ2v) is 9.47. The highest BCUT2D eigenvalue weighted by Crippen LogP contribution is 2.70. The fourth-order valence-corrected chi connectivity index (χ4v) is 4.89. The van der Waals surface area contributed by atoms with Gasteiger partial charge in [-0.2, -0.15) is 0 Å². The molecule has 1 spiro atoms. The van der Waals surface area contributed by atoms with Crippen molar-refractivity contribution in [3.05, 3.63) is 42.4 Å². The highest BCUT2D eigenvalue weighted by atomic mass is 16.5. The number of pyridine rings is 3. The van der Waals surface area contributed by atoms with Crippen LogP contribution in [0.15, 0.2) is 41.8 Å². The van der Waals surface area contributed by atoms with Crippen LogP contribution in [0.5, 0.6) is 0 Å². The summed E-state index contributed by atoms with van der Waals surface area (Å²) in [6.07, 6.45) is 8.50. The molecule has 2 saturated carbocycles. The topological polar surface area (TPSA) is 131 Å². The van der Waals surface area contributed by atoms with Gasteiger partial charge in [0.2, 0.25) is 5.91 Å². The van der Waals surface area contributed by atoms with Gasteiger partial charge in [0.05, 0.1) is 25.1 Å². The second kappa shape index (κ2) is 8.46. The third kappa shape index (κ3) is 4.14. The molecule has 0 radical (unpaired) electrons. The number of aromatic nitrogens is 3. The summed E-state index contributed by atoms with van der Waals surface area (Å²) in [6.45, 7) is 3.12. The number of anilines is 3. The average Bonchev–Trinajstić information content (AvgIpc) is 3.82. The Morgan fingerprint density at radius 1 is 1.14 bits per heavy atom. The molecule has 4 heterocycles. The molecule has 1 saturated heterocycles. The van der Waals surface area contributed by atoms with Crippen molar-refractivity contribution in [3.8, 4) is 0 Å². The fourth-order valence-electron chi connectivity index (χ4n) is 4.89. The van der Waals surface area contributed by atoms with E-state index < -0.39 is 0 Å². The van der Waals surface area contributed by atoms with E-state index >= 15 is 0 Å². The van der Waals surface area contributed by atoms with Crippen molar-refractivity contribution in [1.29, 1.82) is 0 Å². The molecule has 3 aromatic rings. The fraction of sp³-hybridized carbons (Fsp3) is 0.400. The summed E-state index contributed by atoms with van der Waals surface area (Å²) < 4.78 is 5.42. The van der Waals surface area contributed by atoms with E-state index in [1.807, 2.05) is 18.2 Å². The first-order valence-corrected chi connectivity index (χ1v) is 12.0. The zero-order chi connectivity index (χ0) is 24.0. The third-order valence-electron chi connectivity index (χ3n) is 7.28. The molecule has 2 aliphatic carbocycles. The normalized spacial score (nSPS) is 20.7. The quantitative estimate of drug-likeness (QED) is 0.369. The minimum Gasteiger partial charge on any atom is -0.383 e. The number of nitrogens with zero attached hydrogens (tertiary/aromatic N) is 5. The molecule has 1 amide bonds. The van der Waals surface area contributed by atoms with Gasteiger partial charge in [-0.25, -0.2) is 19.9 Å². The lowest BCUT2D eigenvalue weighted by Crippen LogP contribution is -2.36. The monoisotopic (exact) mass is 472 g/mol. The van der Waals surface area contributed by atoms with Crippen molar-refractivity contribution in [2.75, 3.05) is 48.9 Å². The first-order valence-electron chi connectivity index (χ1n) is 12.0. The van der Waals surface area contributed by atoms with E-state index in [0.717, 1.165) is 48.8 Å². The first kappa shape index (κ1) is 21.7. The lowest BCUT2D eigenvalue weighted by atomic mass is 10.1. The van der Waals surface area contributed by atoms with Crippen LogP contribution in [0.3, 0.4) is 0 Å². The Labute approximate surface area is 203 Å². The molecule has 1 aliphatic heterocycles. The number of rotatable bonds is 6. The number of carbonyl (C=O) groups excluding carboxylic acids is 1. The summed E-state index contributed by atoms with van der Waals surface area (Å²) in [6, 6.07) is 5.68. The van der Waals surface area contributed by atoms with Crippen molar-refractivity contribution in [1.82, 2.24) is 15.0 Å². The second-order valence-electron chi connectivity index (χ2n) is 9.47. The van der Waals surface area contributed by atoms with Crippen LogP contribution in [-0.4, -0.2) is 60.0 Å². The van der Waals surface area contributed by atoms with Crippen LogP contribution in [0.2, 0.25) is 0 Å². The zero-order valence-corrected chi connectivity index (χ0v) is 19.6. The molecular formula is C25H28N8O2. The third-order valence-corrected chi connectivity index (χ3v) is 7.28. The maximum atomic E-state index is 12.6. The maximum Gasteiger partial charge on any atom is 0.229 e. The summed E-state index contributed by atoms with van der Waals surface area (Å²) in [7, 11) is 1.80. The van der Waals surface area contributed by atoms with Crippen LogP contribution in [-0.2, 0) is 9.53 Å². The number of amides is 1. The van der Waals surface area contributed by atoms with E-state index in [2.05, 4.69) is 35.5 Å². The lowest BCUT2D eigenvalue weighted by molar-refractivity contribution is -0.117. The summed E-state index contributed by atoms with van der Waals surface area (Å²) in [4.78, 5) is 32.8. The smallest absolute Gasteiger partial charge is 0.229 e. The molecule has 10 heteroatoms. The van der Waals surface area contributed by atoms with Crippen LogP contribution in [0.4, 0.5) is 23.1 Å². The Morgan fingerprint density at radius 3 is 2.66 bits per heavy atom. The minimum absolute atomic E-state index is 0.0463. The number of hydrogen-bond donors (Lipinski definition) is 3. The van der Waals surface area contributed by atoms with Gasteiger partial charge in [0.15, 0.2) is 5.82 Å². The molecule has 6 rings (SSSR count). The average molecular weight is 473 g/mol. The number of morpholine rings is 1. The molecule has 3 aromatic heterocycles. The molecule has 0 aromatic carbocycles. The van der Waals surface area contributed by atoms with Crippen molar-refractivity contribution >= 4 is 45.7 Å². The van der Waals surface area contributed by atoms with E-state index in [1.54, 1.807) is 25.6 Å². The molecule has 0 bridgehead atoms. The Morgan fingerprint density at radius 2 is 1.97 bits per heavy atom. The van der Waals surface area contributed by atoms with Gasteiger partial charge in [-0.1, -0.05) is 0 Å². The van der Waals surface area contributed by atoms with Gasteiger partial charge < -0.3 is 26.0 Å². The Bertz CT molecular complexity index is 1310. The Kier molecular flexibility index (Phi) is 5.25. The first-order chi connectivity index (χ1) is 17.1. The summed E-state index contributed by atoms with van der Waals surface area (Å²) in [5, 5.41) is 7.67. The number of aliphatic imine (C=N–C) groups is 1. The van der Waals surface area contributed by atoms with E-state index in [0.29, 0.717) is 42.1 Å². The van der Waals surface area contributed by atoms with E-state index in [9.17, 15) is 4.79 Å². The van der Waals surface area contributed by atoms with Gasteiger partial charge in [-0.05, 0) is 42.9 Å². The van der Waals surface area contributed by atoms with Crippen molar-refractivity contribution in [2.45, 2.75) is 19.3 Å². The van der Waals surface area contributed by atoms with E-state index in [4.69, 9.17) is 10.5 Å². The van der Waals surface area contributed by atoms with Gasteiger partial charge in [0.25, 0.3) is 0 Å². The molecule has 3 fully saturated rings. The van der Waals surface area contributed by atoms with Crippen LogP contribution < -0.4 is 21.3 Å². The van der Waals surface area contributed by atoms with Crippen LogP contribution in [0.25, 0.3) is 10.8 Å². The number of nitrogens with one attached hydrogen (secondary N) is 2. The molecule has 10 nitrogen and oxygen atoms in total. The number of fused-ring (bicyclic) bond motifs is 1.